The molecule has 178 valence electrons. The number of amides is 1. The Labute approximate surface area is 195 Å². The van der Waals surface area contributed by atoms with Crippen LogP contribution in [-0.4, -0.2) is 53.9 Å². The number of hydrogen-bond acceptors (Lipinski definition) is 5. The number of carbonyl (C=O) groups excluding carboxylic acids is 3. The van der Waals surface area contributed by atoms with Gasteiger partial charge in [0, 0.05) is 29.4 Å². The van der Waals surface area contributed by atoms with E-state index < -0.39 is 5.97 Å². The van der Waals surface area contributed by atoms with Crippen LogP contribution in [0, 0.1) is 13.8 Å². The van der Waals surface area contributed by atoms with E-state index in [2.05, 4.69) is 0 Å². The Hall–Kier alpha value is -3.09. The molecular formula is C26H34N2O5. The van der Waals surface area contributed by atoms with Gasteiger partial charge in [0.25, 0.3) is 5.91 Å². The average Bonchev–Trinajstić information content (AvgIpc) is 3.11. The fourth-order valence-electron chi connectivity index (χ4n) is 4.95. The summed E-state index contributed by atoms with van der Waals surface area (Å²) in [6.07, 6.45) is 5.01. The minimum absolute atomic E-state index is 0.0197. The quantitative estimate of drug-likeness (QED) is 0.431. The van der Waals surface area contributed by atoms with E-state index in [4.69, 9.17) is 9.47 Å². The summed E-state index contributed by atoms with van der Waals surface area (Å²) in [7, 11) is 2.92. The molecular weight excluding hydrogens is 420 g/mol. The molecule has 0 aliphatic heterocycles. The van der Waals surface area contributed by atoms with Crippen LogP contribution in [0.25, 0.3) is 0 Å². The molecule has 1 fully saturated rings. The van der Waals surface area contributed by atoms with Gasteiger partial charge in [0.15, 0.2) is 5.78 Å². The molecule has 3 rings (SSSR count). The van der Waals surface area contributed by atoms with Crippen molar-refractivity contribution < 1.29 is 23.9 Å². The minimum Gasteiger partial charge on any atom is -0.497 e. The van der Waals surface area contributed by atoms with Crippen LogP contribution in [0.3, 0.4) is 0 Å². The number of rotatable bonds is 8. The maximum atomic E-state index is 13.6. The molecule has 1 aromatic carbocycles. The average molecular weight is 455 g/mol. The monoisotopic (exact) mass is 454 g/mol. The van der Waals surface area contributed by atoms with Crippen molar-refractivity contribution in [2.24, 2.45) is 0 Å². The van der Waals surface area contributed by atoms with Gasteiger partial charge in [-0.3, -0.25) is 9.59 Å². The first-order chi connectivity index (χ1) is 15.8. The Balaban J connectivity index is 1.96. The maximum Gasteiger partial charge on any atom is 0.354 e. The van der Waals surface area contributed by atoms with E-state index in [0.29, 0.717) is 34.7 Å². The van der Waals surface area contributed by atoms with Gasteiger partial charge in [-0.25, -0.2) is 4.79 Å². The third-order valence-corrected chi connectivity index (χ3v) is 6.67. The number of benzene rings is 1. The molecule has 0 spiro atoms. The largest absolute Gasteiger partial charge is 0.497 e. The highest BCUT2D eigenvalue weighted by atomic mass is 16.5. The molecule has 1 saturated carbocycles. The van der Waals surface area contributed by atoms with Crippen LogP contribution in [0.15, 0.2) is 24.3 Å². The van der Waals surface area contributed by atoms with Crippen LogP contribution in [0.2, 0.25) is 0 Å². The van der Waals surface area contributed by atoms with Crippen LogP contribution in [0.1, 0.15) is 81.5 Å². The minimum atomic E-state index is -0.463. The van der Waals surface area contributed by atoms with E-state index in [-0.39, 0.29) is 24.3 Å². The summed E-state index contributed by atoms with van der Waals surface area (Å²) in [5, 5.41) is 0. The lowest BCUT2D eigenvalue weighted by Crippen LogP contribution is -2.44. The smallest absolute Gasteiger partial charge is 0.354 e. The maximum absolute atomic E-state index is 13.6. The molecule has 7 heteroatoms. The Morgan fingerprint density at radius 3 is 2.21 bits per heavy atom. The van der Waals surface area contributed by atoms with Gasteiger partial charge in [0.2, 0.25) is 0 Å². The summed E-state index contributed by atoms with van der Waals surface area (Å²) in [6, 6.07) is 7.01. The second-order valence-electron chi connectivity index (χ2n) is 8.55. The van der Waals surface area contributed by atoms with Crippen LogP contribution in [0.5, 0.6) is 5.75 Å². The van der Waals surface area contributed by atoms with Gasteiger partial charge < -0.3 is 18.9 Å². The standard InChI is InChI=1S/C26H34N2O5/c1-6-27-18(3)23(17(2)24(27)26(31)33-5)22(29)16-28(20-10-8-7-9-11-20)25(30)19-12-14-21(32-4)15-13-19/h12-15,20H,6-11,16H2,1-5H3. The molecule has 0 radical (unpaired) electrons. The van der Waals surface area contributed by atoms with E-state index in [1.54, 1.807) is 43.2 Å². The Bertz CT molecular complexity index is 1020. The lowest BCUT2D eigenvalue weighted by molar-refractivity contribution is 0.0584. The fraction of sp³-hybridized carbons (Fsp3) is 0.500. The van der Waals surface area contributed by atoms with Crippen LogP contribution < -0.4 is 4.74 Å². The number of carbonyl (C=O) groups is 3. The van der Waals surface area contributed by atoms with E-state index in [0.717, 1.165) is 37.8 Å². The van der Waals surface area contributed by atoms with Crippen molar-refractivity contribution in [3.8, 4) is 5.75 Å². The highest BCUT2D eigenvalue weighted by Gasteiger charge is 2.32. The van der Waals surface area contributed by atoms with E-state index >= 15 is 0 Å². The van der Waals surface area contributed by atoms with Gasteiger partial charge in [-0.15, -0.1) is 0 Å². The second-order valence-corrected chi connectivity index (χ2v) is 8.55. The SMILES string of the molecule is CCn1c(C)c(C(=O)CN(C(=O)c2ccc(OC)cc2)C2CCCCC2)c(C)c1C(=O)OC. The first kappa shape index (κ1) is 24.6. The zero-order chi connectivity index (χ0) is 24.1. The molecule has 7 nitrogen and oxygen atoms in total. The van der Waals surface area contributed by atoms with Crippen LogP contribution in [0.4, 0.5) is 0 Å². The Morgan fingerprint density at radius 2 is 1.67 bits per heavy atom. The molecule has 1 aromatic heterocycles. The fourth-order valence-corrected chi connectivity index (χ4v) is 4.95. The van der Waals surface area contributed by atoms with Crippen molar-refractivity contribution in [3.63, 3.8) is 0 Å². The molecule has 33 heavy (non-hydrogen) atoms. The summed E-state index contributed by atoms with van der Waals surface area (Å²) in [6.45, 7) is 6.06. The number of aromatic nitrogens is 1. The molecule has 0 saturated heterocycles. The van der Waals surface area contributed by atoms with E-state index in [1.807, 2.05) is 18.4 Å². The number of ketones is 1. The summed E-state index contributed by atoms with van der Waals surface area (Å²) in [5.74, 6) is -0.101. The second kappa shape index (κ2) is 10.7. The lowest BCUT2D eigenvalue weighted by Gasteiger charge is -2.34. The van der Waals surface area contributed by atoms with Crippen molar-refractivity contribution in [2.45, 2.75) is 65.5 Å². The number of ether oxygens (including phenoxy) is 2. The van der Waals surface area contributed by atoms with Gasteiger partial charge in [-0.2, -0.15) is 0 Å². The summed E-state index contributed by atoms with van der Waals surface area (Å²) < 4.78 is 12.0. The number of esters is 1. The zero-order valence-electron chi connectivity index (χ0n) is 20.3. The zero-order valence-corrected chi connectivity index (χ0v) is 20.3. The van der Waals surface area contributed by atoms with Crippen LogP contribution in [-0.2, 0) is 11.3 Å². The van der Waals surface area contributed by atoms with Gasteiger partial charge in [-0.1, -0.05) is 19.3 Å². The van der Waals surface area contributed by atoms with Gasteiger partial charge in [0.1, 0.15) is 11.4 Å². The first-order valence-corrected chi connectivity index (χ1v) is 11.6. The molecule has 1 aliphatic rings. The van der Waals surface area contributed by atoms with Gasteiger partial charge in [-0.05, 0) is 63.4 Å². The van der Waals surface area contributed by atoms with Gasteiger partial charge in [0.05, 0.1) is 20.8 Å². The normalized spacial score (nSPS) is 14.1. The predicted molar refractivity (Wildman–Crippen MR) is 126 cm³/mol. The van der Waals surface area contributed by atoms with Crippen molar-refractivity contribution in [1.29, 1.82) is 0 Å². The van der Waals surface area contributed by atoms with Crippen molar-refractivity contribution >= 4 is 17.7 Å². The van der Waals surface area contributed by atoms with Crippen LogP contribution >= 0.6 is 0 Å². The third kappa shape index (κ3) is 4.97. The molecule has 0 unspecified atom stereocenters. The molecule has 0 atom stereocenters. The number of nitrogens with zero attached hydrogens (tertiary/aromatic N) is 2. The third-order valence-electron chi connectivity index (χ3n) is 6.67. The highest BCUT2D eigenvalue weighted by Crippen LogP contribution is 2.28. The topological polar surface area (TPSA) is 77.8 Å². The summed E-state index contributed by atoms with van der Waals surface area (Å²) >= 11 is 0. The van der Waals surface area contributed by atoms with E-state index in [1.165, 1.54) is 7.11 Å². The Morgan fingerprint density at radius 1 is 1.03 bits per heavy atom. The summed E-state index contributed by atoms with van der Waals surface area (Å²) in [4.78, 5) is 41.2. The summed E-state index contributed by atoms with van der Waals surface area (Å²) in [5.41, 5.74) is 2.75. The van der Waals surface area contributed by atoms with Crippen molar-refractivity contribution in [1.82, 2.24) is 9.47 Å². The van der Waals surface area contributed by atoms with Crippen molar-refractivity contribution in [3.05, 3.63) is 52.3 Å². The molecule has 2 aromatic rings. The number of hydrogen-bond donors (Lipinski definition) is 0. The number of methoxy groups -OCH3 is 2. The molecule has 1 amide bonds. The van der Waals surface area contributed by atoms with Gasteiger partial charge >= 0.3 is 5.97 Å². The van der Waals surface area contributed by atoms with Crippen molar-refractivity contribution in [2.75, 3.05) is 20.8 Å². The highest BCUT2D eigenvalue weighted by molar-refractivity contribution is 6.06. The predicted octanol–water partition coefficient (Wildman–Crippen LogP) is 4.58. The molecule has 0 bridgehead atoms. The molecule has 1 aliphatic carbocycles. The first-order valence-electron chi connectivity index (χ1n) is 11.6. The number of Topliss-reactive ketones (excluding diaryl/α,β-unsaturated/α-hetero) is 1. The van der Waals surface area contributed by atoms with E-state index in [9.17, 15) is 14.4 Å². The Kier molecular flexibility index (Phi) is 7.95. The lowest BCUT2D eigenvalue weighted by atomic mass is 9.93. The molecule has 0 N–H and O–H groups in total. The molecule has 1 heterocycles.